The summed E-state index contributed by atoms with van der Waals surface area (Å²) in [7, 11) is 0. The minimum absolute atomic E-state index is 0.0260. The van der Waals surface area contributed by atoms with Gasteiger partial charge in [-0.3, -0.25) is 4.79 Å². The van der Waals surface area contributed by atoms with E-state index in [0.29, 0.717) is 30.4 Å². The molecule has 0 radical (unpaired) electrons. The number of fused-ring (bicyclic) bond motifs is 1. The fourth-order valence-corrected chi connectivity index (χ4v) is 3.25. The van der Waals surface area contributed by atoms with Crippen LogP contribution in [-0.2, 0) is 4.79 Å². The Hall–Kier alpha value is -0.630. The first kappa shape index (κ1) is 10.2. The highest BCUT2D eigenvalue weighted by atomic mass is 16.3. The second-order valence-corrected chi connectivity index (χ2v) is 7.04. The first-order valence-electron chi connectivity index (χ1n) is 10.2. The van der Waals surface area contributed by atoms with Crippen molar-refractivity contribution in [3.63, 3.8) is 0 Å². The van der Waals surface area contributed by atoms with Crippen molar-refractivity contribution in [1.29, 1.82) is 1.43 Å². The van der Waals surface area contributed by atoms with Crippen LogP contribution in [0.1, 0.15) is 84.4 Å². The zero-order valence-electron chi connectivity index (χ0n) is 18.1. The van der Waals surface area contributed by atoms with Gasteiger partial charge in [-0.2, -0.15) is 0 Å². The first-order valence-corrected chi connectivity index (χ1v) is 7.77. The molecule has 0 spiro atoms. The van der Waals surface area contributed by atoms with Gasteiger partial charge in [0.1, 0.15) is 0 Å². The molecule has 0 bridgehead atoms. The Bertz CT molecular complexity index is 582. The van der Waals surface area contributed by atoms with Gasteiger partial charge >= 0.3 is 0 Å². The summed E-state index contributed by atoms with van der Waals surface area (Å²) >= 11 is 0. The summed E-state index contributed by atoms with van der Waals surface area (Å²) in [6.07, 6.45) is -0.607. The van der Waals surface area contributed by atoms with E-state index >= 15 is 0 Å². The molecule has 2 nitrogen and oxygen atoms in total. The first-order chi connectivity index (χ1) is 11.3. The van der Waals surface area contributed by atoms with Gasteiger partial charge in [-0.1, -0.05) is 25.8 Å². The third-order valence-electron chi connectivity index (χ3n) is 4.74. The summed E-state index contributed by atoms with van der Waals surface area (Å²) in [5.41, 5.74) is -0.836. The normalized spacial score (nSPS) is 40.1. The highest BCUT2D eigenvalue weighted by Crippen LogP contribution is 2.52. The van der Waals surface area contributed by atoms with Crippen LogP contribution in [-0.4, -0.2) is 17.9 Å². The number of hydrogen-bond donors (Lipinski definition) is 1. The molecule has 20 heavy (non-hydrogen) atoms. The van der Waals surface area contributed by atoms with Crippen molar-refractivity contribution in [2.45, 2.75) is 84.6 Å². The van der Waals surface area contributed by atoms with Gasteiger partial charge in [0.25, 0.3) is 0 Å². The monoisotopic (exact) mass is 283 g/mol. The maximum Gasteiger partial charge on any atom is 0.211 e. The fraction of sp³-hybridized carbons (Fsp3) is 0.833. The minimum Gasteiger partial charge on any atom is -0.390 e. The maximum absolute atomic E-state index is 12.8. The molecule has 2 rings (SSSR count). The lowest BCUT2D eigenvalue weighted by molar-refractivity contribution is -0.117. The molecule has 114 valence electrons. The molecule has 2 aliphatic rings. The molecule has 0 aromatic rings. The van der Waals surface area contributed by atoms with E-state index < -0.39 is 35.5 Å². The van der Waals surface area contributed by atoms with Crippen molar-refractivity contribution in [2.24, 2.45) is 11.3 Å². The molecule has 0 unspecified atom stereocenters. The number of ketones is 1. The average molecular weight is 283 g/mol. The molecule has 0 aromatic carbocycles. The van der Waals surface area contributed by atoms with Gasteiger partial charge in [0.2, 0.25) is 1.43 Å². The smallest absolute Gasteiger partial charge is 0.211 e. The van der Waals surface area contributed by atoms with Crippen LogP contribution in [0.15, 0.2) is 11.1 Å². The number of aliphatic hydroxyl groups is 1. The lowest BCUT2D eigenvalue weighted by Gasteiger charge is -2.46. The van der Waals surface area contributed by atoms with Crippen LogP contribution >= 0.6 is 0 Å². The van der Waals surface area contributed by atoms with E-state index in [2.05, 4.69) is 0 Å². The summed E-state index contributed by atoms with van der Waals surface area (Å²) < 4.78 is 41.4. The molecular weight excluding hydrogens is 248 g/mol. The fourth-order valence-electron chi connectivity index (χ4n) is 3.25. The quantitative estimate of drug-likeness (QED) is 0.811. The molecule has 2 heteroatoms. The van der Waals surface area contributed by atoms with Crippen LogP contribution in [0.25, 0.3) is 0 Å². The Morgan fingerprint density at radius 1 is 1.50 bits per heavy atom. The van der Waals surface area contributed by atoms with Gasteiger partial charge in [-0.15, -0.1) is 0 Å². The van der Waals surface area contributed by atoms with Crippen molar-refractivity contribution in [1.82, 2.24) is 0 Å². The zero-order valence-corrected chi connectivity index (χ0v) is 13.1. The van der Waals surface area contributed by atoms with Gasteiger partial charge in [0, 0.05) is 11.9 Å². The van der Waals surface area contributed by atoms with Gasteiger partial charge in [-0.05, 0) is 69.2 Å². The molecule has 0 saturated heterocycles. The SMILES string of the molecule is [2H]OC(C)(C)[C@@H]1CC[C@]2(C)CC([2H])([2H])C(=O)C(CCCC)=C2C1([2H])[2H]. The molecule has 0 aliphatic heterocycles. The predicted molar refractivity (Wildman–Crippen MR) is 82.5 cm³/mol. The molecular formula is C18H30O2. The molecule has 1 N–H and O–H groups in total. The van der Waals surface area contributed by atoms with Gasteiger partial charge < -0.3 is 5.11 Å². The van der Waals surface area contributed by atoms with Crippen LogP contribution in [0, 0.1) is 11.3 Å². The number of rotatable bonds is 5. The molecule has 2 aliphatic carbocycles. The number of allylic oxidation sites excluding steroid dienone is 2. The lowest BCUT2D eigenvalue weighted by Crippen LogP contribution is -2.40. The Morgan fingerprint density at radius 2 is 2.25 bits per heavy atom. The van der Waals surface area contributed by atoms with Crippen LogP contribution in [0.4, 0.5) is 0 Å². The van der Waals surface area contributed by atoms with Crippen molar-refractivity contribution >= 4 is 5.78 Å². The summed E-state index contributed by atoms with van der Waals surface area (Å²) in [5.74, 6) is -1.10. The number of carbonyl (C=O) groups excluding carboxylic acids is 1. The van der Waals surface area contributed by atoms with Gasteiger partial charge in [-0.25, -0.2) is 0 Å². The second-order valence-electron chi connectivity index (χ2n) is 7.04. The number of unbranched alkanes of at least 4 members (excludes halogenated alkanes) is 1. The van der Waals surface area contributed by atoms with E-state index in [-0.39, 0.29) is 6.42 Å². The highest BCUT2D eigenvalue weighted by molar-refractivity contribution is 5.97. The van der Waals surface area contributed by atoms with Gasteiger partial charge in [0.15, 0.2) is 5.78 Å². The van der Waals surface area contributed by atoms with Crippen molar-refractivity contribution in [3.05, 3.63) is 11.1 Å². The standard InChI is InChI=1S/C18H30O2/c1-5-6-7-14-15-12-13(17(2,3)20)8-10-18(15,4)11-9-16(14)19/h13,20H,5-12H2,1-4H3/t13-,18-/m1/s1/i9D2,12D2,20D. The molecule has 1 fully saturated rings. The maximum atomic E-state index is 12.8. The van der Waals surface area contributed by atoms with Crippen LogP contribution in [0.3, 0.4) is 0 Å². The number of hydrogen-bond acceptors (Lipinski definition) is 2. The highest BCUT2D eigenvalue weighted by Gasteiger charge is 2.44. The van der Waals surface area contributed by atoms with E-state index in [1.807, 2.05) is 13.8 Å². The Kier molecular flexibility index (Phi) is 2.86. The Labute approximate surface area is 130 Å². The van der Waals surface area contributed by atoms with Gasteiger partial charge in [0.05, 0.1) is 5.60 Å². The number of Topliss-reactive ketones (excluding diaryl/α,β-unsaturated/α-hetero) is 1. The lowest BCUT2D eigenvalue weighted by atomic mass is 9.59. The van der Waals surface area contributed by atoms with Crippen molar-refractivity contribution in [2.75, 3.05) is 0 Å². The average Bonchev–Trinajstić information content (AvgIpc) is 2.47. The predicted octanol–water partition coefficient (Wildman–Crippen LogP) is 4.41. The summed E-state index contributed by atoms with van der Waals surface area (Å²) in [6.45, 7) is 7.31. The zero-order chi connectivity index (χ0) is 19.3. The third-order valence-corrected chi connectivity index (χ3v) is 4.74. The molecule has 0 heterocycles. The van der Waals surface area contributed by atoms with Crippen LogP contribution in [0.2, 0.25) is 0 Å². The summed E-state index contributed by atoms with van der Waals surface area (Å²) in [5, 5.41) is 4.84. The van der Waals surface area contributed by atoms with E-state index in [0.717, 1.165) is 12.8 Å². The Morgan fingerprint density at radius 3 is 2.90 bits per heavy atom. The minimum atomic E-state index is -1.94. The summed E-state index contributed by atoms with van der Waals surface area (Å²) in [4.78, 5) is 12.8. The second kappa shape index (κ2) is 5.63. The molecule has 2 atom stereocenters. The van der Waals surface area contributed by atoms with Crippen molar-refractivity contribution < 1.29 is 15.4 Å². The van der Waals surface area contributed by atoms with Crippen LogP contribution < -0.4 is 0 Å². The number of carbonyl (C=O) groups is 1. The van der Waals surface area contributed by atoms with E-state index in [1.165, 1.54) is 0 Å². The molecule has 1 saturated carbocycles. The third kappa shape index (κ3) is 3.00. The largest absolute Gasteiger partial charge is 0.390 e. The van der Waals surface area contributed by atoms with E-state index in [1.54, 1.807) is 13.8 Å². The van der Waals surface area contributed by atoms with E-state index in [9.17, 15) is 4.79 Å². The van der Waals surface area contributed by atoms with E-state index in [4.69, 9.17) is 12.0 Å². The summed E-state index contributed by atoms with van der Waals surface area (Å²) in [6, 6.07) is 0. The van der Waals surface area contributed by atoms with Crippen molar-refractivity contribution in [3.8, 4) is 0 Å². The molecule has 0 amide bonds. The molecule has 0 aromatic heterocycles. The topological polar surface area (TPSA) is 37.3 Å². The Balaban J connectivity index is 2.66. The van der Waals surface area contributed by atoms with Crippen LogP contribution in [0.5, 0.6) is 0 Å².